The molecule has 4 rings (SSSR count). The fourth-order valence-corrected chi connectivity index (χ4v) is 3.25. The first-order valence-electron chi connectivity index (χ1n) is 9.05. The molecule has 0 unspecified atom stereocenters. The van der Waals surface area contributed by atoms with E-state index < -0.39 is 0 Å². The second-order valence-electron chi connectivity index (χ2n) is 6.92. The largest absolute Gasteiger partial charge is 0.409 e. The molecule has 1 aliphatic heterocycles. The van der Waals surface area contributed by atoms with Crippen LogP contribution in [0.3, 0.4) is 0 Å². The second-order valence-corrected chi connectivity index (χ2v) is 7.27. The number of hydrogen-bond acceptors (Lipinski definition) is 6. The van der Waals surface area contributed by atoms with Gasteiger partial charge in [-0.25, -0.2) is 4.68 Å². The third-order valence-corrected chi connectivity index (χ3v) is 5.03. The van der Waals surface area contributed by atoms with Gasteiger partial charge in [0.1, 0.15) is 0 Å². The van der Waals surface area contributed by atoms with Gasteiger partial charge in [0, 0.05) is 37.8 Å². The minimum Gasteiger partial charge on any atom is -0.409 e. The quantitative estimate of drug-likeness (QED) is 0.778. The molecular formula is C18H23N5O2S. The summed E-state index contributed by atoms with van der Waals surface area (Å²) < 4.78 is 7.36. The standard InChI is InChI=1S/C18H23N5O2S/c24-16(19-15-6-7-15)12-21-8-10-22(11-9-21)13-23-18(26)25-17(20-23)14-4-2-1-3-5-14/h1-5,15H,6-13H2,(H,19,24). The van der Waals surface area contributed by atoms with E-state index in [1.54, 1.807) is 4.68 Å². The average Bonchev–Trinajstić information content (AvgIpc) is 3.39. The zero-order chi connectivity index (χ0) is 17.9. The third-order valence-electron chi connectivity index (χ3n) is 4.74. The summed E-state index contributed by atoms with van der Waals surface area (Å²) in [6.07, 6.45) is 2.26. The lowest BCUT2D eigenvalue weighted by Gasteiger charge is -2.33. The molecule has 1 aromatic heterocycles. The number of carbonyl (C=O) groups excluding carboxylic acids is 1. The van der Waals surface area contributed by atoms with Crippen molar-refractivity contribution in [3.63, 3.8) is 0 Å². The van der Waals surface area contributed by atoms with Crippen LogP contribution in [0.5, 0.6) is 0 Å². The van der Waals surface area contributed by atoms with Gasteiger partial charge in [0.25, 0.3) is 4.84 Å². The topological polar surface area (TPSA) is 66.5 Å². The summed E-state index contributed by atoms with van der Waals surface area (Å²) in [5.41, 5.74) is 0.920. The Balaban J connectivity index is 1.29. The van der Waals surface area contributed by atoms with Gasteiger partial charge >= 0.3 is 0 Å². The Kier molecular flexibility index (Phi) is 5.14. The predicted molar refractivity (Wildman–Crippen MR) is 99.9 cm³/mol. The Labute approximate surface area is 157 Å². The summed E-state index contributed by atoms with van der Waals surface area (Å²) in [7, 11) is 0. The van der Waals surface area contributed by atoms with Crippen LogP contribution in [-0.4, -0.2) is 64.3 Å². The highest BCUT2D eigenvalue weighted by Gasteiger charge is 2.25. The van der Waals surface area contributed by atoms with Crippen molar-refractivity contribution >= 4 is 18.1 Å². The molecule has 0 radical (unpaired) electrons. The van der Waals surface area contributed by atoms with Crippen LogP contribution in [0.15, 0.2) is 34.7 Å². The van der Waals surface area contributed by atoms with Crippen LogP contribution in [0.25, 0.3) is 11.5 Å². The molecule has 26 heavy (non-hydrogen) atoms. The van der Waals surface area contributed by atoms with E-state index in [0.717, 1.165) is 44.6 Å². The predicted octanol–water partition coefficient (Wildman–Crippen LogP) is 1.73. The van der Waals surface area contributed by atoms with E-state index >= 15 is 0 Å². The fraction of sp³-hybridized carbons (Fsp3) is 0.500. The van der Waals surface area contributed by atoms with Gasteiger partial charge in [-0.05, 0) is 37.2 Å². The molecule has 0 spiro atoms. The number of carbonyl (C=O) groups is 1. The molecule has 1 amide bonds. The van der Waals surface area contributed by atoms with Crippen molar-refractivity contribution in [3.8, 4) is 11.5 Å². The van der Waals surface area contributed by atoms with Gasteiger partial charge in [0.15, 0.2) is 0 Å². The smallest absolute Gasteiger partial charge is 0.288 e. The lowest BCUT2D eigenvalue weighted by atomic mass is 10.2. The van der Waals surface area contributed by atoms with E-state index in [4.69, 9.17) is 16.6 Å². The number of aromatic nitrogens is 2. The van der Waals surface area contributed by atoms with Crippen molar-refractivity contribution in [1.29, 1.82) is 0 Å². The molecule has 0 bridgehead atoms. The first-order chi connectivity index (χ1) is 12.7. The van der Waals surface area contributed by atoms with E-state index in [9.17, 15) is 4.79 Å². The first kappa shape index (κ1) is 17.4. The molecule has 7 nitrogen and oxygen atoms in total. The normalized spacial score (nSPS) is 18.8. The molecule has 2 fully saturated rings. The highest BCUT2D eigenvalue weighted by Crippen LogP contribution is 2.19. The van der Waals surface area contributed by atoms with Crippen LogP contribution in [0, 0.1) is 4.84 Å². The molecule has 0 atom stereocenters. The number of benzene rings is 1. The number of piperazine rings is 1. The van der Waals surface area contributed by atoms with Crippen molar-refractivity contribution in [1.82, 2.24) is 24.9 Å². The molecule has 1 aliphatic carbocycles. The van der Waals surface area contributed by atoms with E-state index in [0.29, 0.717) is 30.0 Å². The molecule has 2 aliphatic rings. The Morgan fingerprint density at radius 3 is 2.54 bits per heavy atom. The van der Waals surface area contributed by atoms with Gasteiger partial charge < -0.3 is 9.73 Å². The van der Waals surface area contributed by atoms with Crippen LogP contribution in [0.4, 0.5) is 0 Å². The molecule has 1 saturated heterocycles. The molecule has 1 aromatic carbocycles. The zero-order valence-corrected chi connectivity index (χ0v) is 15.5. The number of hydrogen-bond donors (Lipinski definition) is 1. The Bertz CT molecular complexity index is 806. The van der Waals surface area contributed by atoms with E-state index in [1.165, 1.54) is 0 Å². The van der Waals surface area contributed by atoms with Gasteiger partial charge in [-0.2, -0.15) is 0 Å². The van der Waals surface area contributed by atoms with Crippen molar-refractivity contribution in [2.45, 2.75) is 25.6 Å². The maximum absolute atomic E-state index is 11.9. The van der Waals surface area contributed by atoms with Gasteiger partial charge in [0.2, 0.25) is 11.8 Å². The van der Waals surface area contributed by atoms with E-state index in [1.807, 2.05) is 30.3 Å². The Morgan fingerprint density at radius 1 is 1.15 bits per heavy atom. The molecule has 138 valence electrons. The highest BCUT2D eigenvalue weighted by atomic mass is 32.1. The van der Waals surface area contributed by atoms with Crippen LogP contribution < -0.4 is 5.32 Å². The maximum Gasteiger partial charge on any atom is 0.288 e. The van der Waals surface area contributed by atoms with Crippen molar-refractivity contribution in [3.05, 3.63) is 35.2 Å². The van der Waals surface area contributed by atoms with Crippen LogP contribution >= 0.6 is 12.2 Å². The van der Waals surface area contributed by atoms with Crippen LogP contribution in [0.1, 0.15) is 12.8 Å². The molecule has 1 saturated carbocycles. The van der Waals surface area contributed by atoms with Crippen molar-refractivity contribution < 1.29 is 9.21 Å². The summed E-state index contributed by atoms with van der Waals surface area (Å²) in [4.78, 5) is 16.8. The number of nitrogens with one attached hydrogen (secondary N) is 1. The fourth-order valence-electron chi connectivity index (χ4n) is 3.08. The van der Waals surface area contributed by atoms with Crippen LogP contribution in [-0.2, 0) is 11.5 Å². The maximum atomic E-state index is 11.9. The van der Waals surface area contributed by atoms with Gasteiger partial charge in [-0.1, -0.05) is 18.2 Å². The summed E-state index contributed by atoms with van der Waals surface area (Å²) >= 11 is 5.31. The van der Waals surface area contributed by atoms with E-state index in [-0.39, 0.29) is 5.91 Å². The number of nitrogens with zero attached hydrogens (tertiary/aromatic N) is 4. The minimum absolute atomic E-state index is 0.146. The van der Waals surface area contributed by atoms with E-state index in [2.05, 4.69) is 20.2 Å². The van der Waals surface area contributed by atoms with Gasteiger partial charge in [-0.15, -0.1) is 5.10 Å². The molecule has 1 N–H and O–H groups in total. The molecule has 2 heterocycles. The van der Waals surface area contributed by atoms with Gasteiger partial charge in [-0.3, -0.25) is 14.6 Å². The summed E-state index contributed by atoms with van der Waals surface area (Å²) in [6.45, 7) is 4.60. The summed E-state index contributed by atoms with van der Waals surface area (Å²) in [5.74, 6) is 0.693. The lowest BCUT2D eigenvalue weighted by Crippen LogP contribution is -2.49. The molecular weight excluding hydrogens is 350 g/mol. The average molecular weight is 373 g/mol. The molecule has 8 heteroatoms. The monoisotopic (exact) mass is 373 g/mol. The number of amides is 1. The van der Waals surface area contributed by atoms with Gasteiger partial charge in [0.05, 0.1) is 13.2 Å². The number of rotatable bonds is 6. The lowest BCUT2D eigenvalue weighted by molar-refractivity contribution is -0.122. The first-order valence-corrected chi connectivity index (χ1v) is 9.45. The SMILES string of the molecule is O=C(CN1CCN(Cn2nc(-c3ccccc3)oc2=S)CC1)NC1CC1. The van der Waals surface area contributed by atoms with Crippen molar-refractivity contribution in [2.24, 2.45) is 0 Å². The van der Waals surface area contributed by atoms with Crippen molar-refractivity contribution in [2.75, 3.05) is 32.7 Å². The molecule has 2 aromatic rings. The Morgan fingerprint density at radius 2 is 1.85 bits per heavy atom. The summed E-state index contributed by atoms with van der Waals surface area (Å²) in [5, 5.41) is 7.55. The highest BCUT2D eigenvalue weighted by molar-refractivity contribution is 7.71. The Hall–Kier alpha value is -2.03. The minimum atomic E-state index is 0.146. The third kappa shape index (κ3) is 4.38. The summed E-state index contributed by atoms with van der Waals surface area (Å²) in [6, 6.07) is 10.2. The van der Waals surface area contributed by atoms with Crippen LogP contribution in [0.2, 0.25) is 0 Å². The second kappa shape index (κ2) is 7.69. The zero-order valence-electron chi connectivity index (χ0n) is 14.6.